The molecule has 2 N–H and O–H groups in total. The molecule has 0 aliphatic rings. The summed E-state index contributed by atoms with van der Waals surface area (Å²) in [5, 5.41) is 0. The van der Waals surface area contributed by atoms with Crippen molar-refractivity contribution in [3.63, 3.8) is 0 Å². The van der Waals surface area contributed by atoms with Crippen LogP contribution in [0.25, 0.3) is 0 Å². The van der Waals surface area contributed by atoms with E-state index in [9.17, 15) is 4.79 Å². The minimum atomic E-state index is -0.520. The van der Waals surface area contributed by atoms with E-state index >= 15 is 0 Å². The highest BCUT2D eigenvalue weighted by Crippen LogP contribution is 2.18. The molecule has 106 valence electrons. The molecule has 20 heavy (non-hydrogen) atoms. The van der Waals surface area contributed by atoms with Crippen molar-refractivity contribution in [3.8, 4) is 0 Å². The molecule has 0 unspecified atom stereocenters. The summed E-state index contributed by atoms with van der Waals surface area (Å²) < 4.78 is 6.49. The lowest BCUT2D eigenvalue weighted by Crippen LogP contribution is -2.11. The Labute approximate surface area is 117 Å². The van der Waals surface area contributed by atoms with Crippen molar-refractivity contribution < 1.29 is 9.53 Å². The molecular weight excluding hydrogens is 256 g/mol. The largest absolute Gasteiger partial charge is 0.464 e. The number of hydrogen-bond acceptors (Lipinski definition) is 5. The molecule has 2 aromatic rings. The average molecular weight is 274 g/mol. The number of ether oxygens (including phenoxy) is 1. The van der Waals surface area contributed by atoms with E-state index in [1.807, 2.05) is 32.0 Å². The molecular formula is C14H18N4O2. The van der Waals surface area contributed by atoms with Gasteiger partial charge in [0.05, 0.1) is 19.3 Å². The van der Waals surface area contributed by atoms with Crippen molar-refractivity contribution in [2.45, 2.75) is 26.8 Å². The zero-order valence-electron chi connectivity index (χ0n) is 11.9. The number of rotatable bonds is 4. The zero-order chi connectivity index (χ0) is 14.7. The van der Waals surface area contributed by atoms with Gasteiger partial charge in [-0.15, -0.1) is 0 Å². The normalized spacial score (nSPS) is 10.6. The molecule has 0 radical (unpaired) electrons. The number of aromatic nitrogens is 3. The molecule has 6 heteroatoms. The van der Waals surface area contributed by atoms with Crippen LogP contribution in [0.1, 0.15) is 34.6 Å². The van der Waals surface area contributed by atoms with Crippen LogP contribution >= 0.6 is 0 Å². The third kappa shape index (κ3) is 2.64. The number of esters is 1. The number of imidazole rings is 1. The van der Waals surface area contributed by atoms with Crippen LogP contribution in [-0.4, -0.2) is 27.6 Å². The fourth-order valence-corrected chi connectivity index (χ4v) is 2.06. The van der Waals surface area contributed by atoms with Crippen molar-refractivity contribution >= 4 is 11.8 Å². The first-order valence-electron chi connectivity index (χ1n) is 6.42. The van der Waals surface area contributed by atoms with Crippen LogP contribution in [0.3, 0.4) is 0 Å². The van der Waals surface area contributed by atoms with E-state index < -0.39 is 5.97 Å². The summed E-state index contributed by atoms with van der Waals surface area (Å²) in [4.78, 5) is 20.3. The second-order valence-corrected chi connectivity index (χ2v) is 4.46. The van der Waals surface area contributed by atoms with Gasteiger partial charge in [0.25, 0.3) is 0 Å². The standard InChI is InChI=1S/C14H18N4O2/c1-4-11-17-12(14(19)20-3)13(15)18(11)8-10-7-5-6-9(2)16-10/h5-7H,4,8,15H2,1-3H3. The zero-order valence-corrected chi connectivity index (χ0v) is 11.9. The summed E-state index contributed by atoms with van der Waals surface area (Å²) in [6.45, 7) is 4.38. The van der Waals surface area contributed by atoms with Crippen LogP contribution in [0.4, 0.5) is 5.82 Å². The first kappa shape index (κ1) is 14.0. The van der Waals surface area contributed by atoms with Gasteiger partial charge in [-0.1, -0.05) is 13.0 Å². The Kier molecular flexibility index (Phi) is 4.02. The van der Waals surface area contributed by atoms with E-state index in [1.165, 1.54) is 7.11 Å². The molecule has 6 nitrogen and oxygen atoms in total. The maximum atomic E-state index is 11.6. The molecule has 0 atom stereocenters. The van der Waals surface area contributed by atoms with E-state index in [-0.39, 0.29) is 5.69 Å². The highest BCUT2D eigenvalue weighted by Gasteiger charge is 2.20. The maximum absolute atomic E-state index is 11.6. The van der Waals surface area contributed by atoms with E-state index in [1.54, 1.807) is 4.57 Å². The third-order valence-corrected chi connectivity index (χ3v) is 3.05. The van der Waals surface area contributed by atoms with Gasteiger partial charge in [-0.3, -0.25) is 4.98 Å². The summed E-state index contributed by atoms with van der Waals surface area (Å²) >= 11 is 0. The van der Waals surface area contributed by atoms with Gasteiger partial charge in [-0.2, -0.15) is 0 Å². The lowest BCUT2D eigenvalue weighted by atomic mass is 10.3. The van der Waals surface area contributed by atoms with Crippen LogP contribution < -0.4 is 5.73 Å². The fourth-order valence-electron chi connectivity index (χ4n) is 2.06. The number of nitrogens with two attached hydrogens (primary N) is 1. The monoisotopic (exact) mass is 274 g/mol. The van der Waals surface area contributed by atoms with Crippen molar-refractivity contribution in [3.05, 3.63) is 41.1 Å². The number of methoxy groups -OCH3 is 1. The van der Waals surface area contributed by atoms with Crippen LogP contribution in [0.2, 0.25) is 0 Å². The molecule has 0 aromatic carbocycles. The quantitative estimate of drug-likeness (QED) is 0.855. The number of carbonyl (C=O) groups excluding carboxylic acids is 1. The maximum Gasteiger partial charge on any atom is 0.360 e. The van der Waals surface area contributed by atoms with E-state index in [4.69, 9.17) is 5.73 Å². The highest BCUT2D eigenvalue weighted by molar-refractivity contribution is 5.92. The number of anilines is 1. The molecule has 0 bridgehead atoms. The number of nitrogens with zero attached hydrogens (tertiary/aromatic N) is 3. The van der Waals surface area contributed by atoms with Gasteiger partial charge < -0.3 is 15.0 Å². The van der Waals surface area contributed by atoms with Gasteiger partial charge in [-0.05, 0) is 19.1 Å². The molecule has 0 saturated carbocycles. The Hall–Kier alpha value is -2.37. The molecule has 0 fully saturated rings. The first-order valence-corrected chi connectivity index (χ1v) is 6.42. The summed E-state index contributed by atoms with van der Waals surface area (Å²) in [6.07, 6.45) is 0.674. The minimum absolute atomic E-state index is 0.164. The number of hydrogen-bond donors (Lipinski definition) is 1. The van der Waals surface area contributed by atoms with Gasteiger partial charge >= 0.3 is 5.97 Å². The molecule has 2 rings (SSSR count). The van der Waals surface area contributed by atoms with E-state index in [0.717, 1.165) is 17.2 Å². The third-order valence-electron chi connectivity index (χ3n) is 3.05. The topological polar surface area (TPSA) is 83.0 Å². The van der Waals surface area contributed by atoms with Crippen molar-refractivity contribution in [1.29, 1.82) is 0 Å². The van der Waals surface area contributed by atoms with Gasteiger partial charge in [0.15, 0.2) is 5.69 Å². The Balaban J connectivity index is 2.40. The van der Waals surface area contributed by atoms with Crippen LogP contribution in [0.5, 0.6) is 0 Å². The molecule has 0 aliphatic carbocycles. The Bertz CT molecular complexity index is 634. The summed E-state index contributed by atoms with van der Waals surface area (Å²) in [7, 11) is 1.31. The first-order chi connectivity index (χ1) is 9.56. The van der Waals surface area contributed by atoms with Crippen LogP contribution in [0, 0.1) is 6.92 Å². The Morgan fingerprint density at radius 1 is 1.40 bits per heavy atom. The number of pyridine rings is 1. The molecule has 2 heterocycles. The van der Waals surface area contributed by atoms with Crippen molar-refractivity contribution in [2.75, 3.05) is 12.8 Å². The van der Waals surface area contributed by atoms with Gasteiger partial charge in [-0.25, -0.2) is 9.78 Å². The second kappa shape index (κ2) is 5.73. The lowest BCUT2D eigenvalue weighted by Gasteiger charge is -2.08. The summed E-state index contributed by atoms with van der Waals surface area (Å²) in [6, 6.07) is 5.79. The van der Waals surface area contributed by atoms with Crippen molar-refractivity contribution in [2.24, 2.45) is 0 Å². The van der Waals surface area contributed by atoms with Crippen LogP contribution in [-0.2, 0) is 17.7 Å². The average Bonchev–Trinajstić information content (AvgIpc) is 2.75. The SMILES string of the molecule is CCc1nc(C(=O)OC)c(N)n1Cc1cccc(C)n1. The van der Waals surface area contributed by atoms with Crippen LogP contribution in [0.15, 0.2) is 18.2 Å². The molecule has 2 aromatic heterocycles. The molecule has 0 saturated heterocycles. The predicted octanol–water partition coefficient (Wildman–Crippen LogP) is 1.57. The minimum Gasteiger partial charge on any atom is -0.464 e. The fraction of sp³-hybridized carbons (Fsp3) is 0.357. The van der Waals surface area contributed by atoms with Crippen molar-refractivity contribution in [1.82, 2.24) is 14.5 Å². The Morgan fingerprint density at radius 2 is 2.15 bits per heavy atom. The number of carbonyl (C=O) groups is 1. The second-order valence-electron chi connectivity index (χ2n) is 4.46. The molecule has 0 aliphatic heterocycles. The highest BCUT2D eigenvalue weighted by atomic mass is 16.5. The number of aryl methyl sites for hydroxylation is 2. The van der Waals surface area contributed by atoms with E-state index in [2.05, 4.69) is 14.7 Å². The summed E-state index contributed by atoms with van der Waals surface area (Å²) in [5.74, 6) is 0.538. The molecule has 0 spiro atoms. The lowest BCUT2D eigenvalue weighted by molar-refractivity contribution is 0.0595. The number of nitrogen functional groups attached to an aromatic ring is 1. The van der Waals surface area contributed by atoms with Gasteiger partial charge in [0.2, 0.25) is 0 Å². The van der Waals surface area contributed by atoms with E-state index in [0.29, 0.717) is 18.8 Å². The van der Waals surface area contributed by atoms with Gasteiger partial charge in [0.1, 0.15) is 11.6 Å². The predicted molar refractivity (Wildman–Crippen MR) is 75.4 cm³/mol. The smallest absolute Gasteiger partial charge is 0.360 e. The Morgan fingerprint density at radius 3 is 2.75 bits per heavy atom. The van der Waals surface area contributed by atoms with Gasteiger partial charge in [0, 0.05) is 12.1 Å². The molecule has 0 amide bonds. The summed E-state index contributed by atoms with van der Waals surface area (Å²) in [5.41, 5.74) is 7.99.